The van der Waals surface area contributed by atoms with Crippen LogP contribution in [0.2, 0.25) is 0 Å². The van der Waals surface area contributed by atoms with Crippen LogP contribution in [0.1, 0.15) is 52.9 Å². The third-order valence-electron chi connectivity index (χ3n) is 6.20. The van der Waals surface area contributed by atoms with Gasteiger partial charge in [-0.2, -0.15) is 5.26 Å². The second-order valence-corrected chi connectivity index (χ2v) is 11.0. The quantitative estimate of drug-likeness (QED) is 0.290. The molecule has 190 valence electrons. The SMILES string of the molecule is Cc1c(C(=O)Nc2ccccc2)sc(NC(=O)CSc2cccc(NC(=O)C3CCCCC3)c2)c1C#N. The first-order chi connectivity index (χ1) is 17.9. The number of nitrogens with one attached hydrogen (secondary N) is 3. The lowest BCUT2D eigenvalue weighted by Gasteiger charge is -2.20. The molecule has 4 rings (SSSR count). The zero-order chi connectivity index (χ0) is 26.2. The Hall–Kier alpha value is -3.61. The van der Waals surface area contributed by atoms with Gasteiger partial charge in [0.1, 0.15) is 11.1 Å². The number of thioether (sulfide) groups is 1. The Morgan fingerprint density at radius 3 is 2.43 bits per heavy atom. The first-order valence-corrected chi connectivity index (χ1v) is 14.0. The fourth-order valence-corrected chi connectivity index (χ4v) is 6.07. The van der Waals surface area contributed by atoms with Crippen molar-refractivity contribution in [2.45, 2.75) is 43.9 Å². The summed E-state index contributed by atoms with van der Waals surface area (Å²) in [5, 5.41) is 18.6. The van der Waals surface area contributed by atoms with Crippen molar-refractivity contribution in [1.82, 2.24) is 0 Å². The fraction of sp³-hybridized carbons (Fsp3) is 0.286. The summed E-state index contributed by atoms with van der Waals surface area (Å²) in [6, 6.07) is 18.6. The van der Waals surface area contributed by atoms with Gasteiger partial charge >= 0.3 is 0 Å². The summed E-state index contributed by atoms with van der Waals surface area (Å²) < 4.78 is 0. The molecular formula is C28H28N4O3S2. The first-order valence-electron chi connectivity index (χ1n) is 12.2. The number of benzene rings is 2. The van der Waals surface area contributed by atoms with Crippen molar-refractivity contribution in [3.63, 3.8) is 0 Å². The number of hydrogen-bond acceptors (Lipinski definition) is 6. The van der Waals surface area contributed by atoms with Gasteiger partial charge in [-0.15, -0.1) is 23.1 Å². The molecule has 1 fully saturated rings. The van der Waals surface area contributed by atoms with Gasteiger partial charge in [0.05, 0.1) is 16.2 Å². The number of nitriles is 1. The van der Waals surface area contributed by atoms with Gasteiger partial charge < -0.3 is 16.0 Å². The predicted octanol–water partition coefficient (Wildman–Crippen LogP) is 6.43. The van der Waals surface area contributed by atoms with Crippen molar-refractivity contribution in [1.29, 1.82) is 5.26 Å². The highest BCUT2D eigenvalue weighted by Gasteiger charge is 2.22. The molecule has 0 spiro atoms. The average molecular weight is 533 g/mol. The van der Waals surface area contributed by atoms with Crippen molar-refractivity contribution in [2.75, 3.05) is 21.7 Å². The zero-order valence-corrected chi connectivity index (χ0v) is 22.1. The highest BCUT2D eigenvalue weighted by molar-refractivity contribution is 8.00. The van der Waals surface area contributed by atoms with Crippen molar-refractivity contribution >= 4 is 57.2 Å². The third kappa shape index (κ3) is 7.00. The number of nitrogens with zero attached hydrogens (tertiary/aromatic N) is 1. The highest BCUT2D eigenvalue weighted by atomic mass is 32.2. The van der Waals surface area contributed by atoms with Crippen LogP contribution in [0.3, 0.4) is 0 Å². The van der Waals surface area contributed by atoms with Crippen LogP contribution < -0.4 is 16.0 Å². The van der Waals surface area contributed by atoms with Gasteiger partial charge in [0.2, 0.25) is 11.8 Å². The lowest BCUT2D eigenvalue weighted by Crippen LogP contribution is -2.24. The molecule has 0 saturated heterocycles. The summed E-state index contributed by atoms with van der Waals surface area (Å²) in [6.07, 6.45) is 5.26. The van der Waals surface area contributed by atoms with Crippen LogP contribution in [0.15, 0.2) is 59.5 Å². The number of hydrogen-bond donors (Lipinski definition) is 3. The van der Waals surface area contributed by atoms with E-state index >= 15 is 0 Å². The van der Waals surface area contributed by atoms with E-state index in [-0.39, 0.29) is 35.0 Å². The third-order valence-corrected chi connectivity index (χ3v) is 8.40. The monoisotopic (exact) mass is 532 g/mol. The predicted molar refractivity (Wildman–Crippen MR) is 149 cm³/mol. The molecule has 7 nitrogen and oxygen atoms in total. The normalized spacial score (nSPS) is 13.4. The van der Waals surface area contributed by atoms with Gasteiger partial charge in [0.15, 0.2) is 0 Å². The Balaban J connectivity index is 1.35. The number of rotatable bonds is 8. The first kappa shape index (κ1) is 26.5. The minimum absolute atomic E-state index is 0.0591. The van der Waals surface area contributed by atoms with E-state index in [1.165, 1.54) is 18.2 Å². The summed E-state index contributed by atoms with van der Waals surface area (Å²) in [4.78, 5) is 39.2. The van der Waals surface area contributed by atoms with Crippen molar-refractivity contribution in [2.24, 2.45) is 5.92 Å². The van der Waals surface area contributed by atoms with Gasteiger partial charge in [-0.05, 0) is 55.7 Å². The second-order valence-electron chi connectivity index (χ2n) is 8.88. The Bertz CT molecular complexity index is 1320. The topological polar surface area (TPSA) is 111 Å². The number of anilines is 3. The molecule has 0 aliphatic heterocycles. The number of carbonyl (C=O) groups excluding carboxylic acids is 3. The number of carbonyl (C=O) groups is 3. The zero-order valence-electron chi connectivity index (χ0n) is 20.5. The van der Waals surface area contributed by atoms with E-state index in [4.69, 9.17) is 0 Å². The molecule has 0 radical (unpaired) electrons. The molecule has 1 aliphatic carbocycles. The summed E-state index contributed by atoms with van der Waals surface area (Å²) in [6.45, 7) is 1.70. The van der Waals surface area contributed by atoms with E-state index in [1.54, 1.807) is 19.1 Å². The molecule has 37 heavy (non-hydrogen) atoms. The van der Waals surface area contributed by atoms with Crippen molar-refractivity contribution < 1.29 is 14.4 Å². The summed E-state index contributed by atoms with van der Waals surface area (Å²) in [7, 11) is 0. The Morgan fingerprint density at radius 2 is 1.70 bits per heavy atom. The molecule has 1 aliphatic rings. The molecule has 0 unspecified atom stereocenters. The van der Waals surface area contributed by atoms with E-state index in [1.807, 2.05) is 42.5 Å². The molecule has 0 atom stereocenters. The molecule has 3 amide bonds. The maximum atomic E-state index is 12.8. The highest BCUT2D eigenvalue weighted by Crippen LogP contribution is 2.33. The molecule has 2 aromatic carbocycles. The van der Waals surface area contributed by atoms with Crippen molar-refractivity contribution in [3.8, 4) is 6.07 Å². The van der Waals surface area contributed by atoms with Crippen LogP contribution in [-0.4, -0.2) is 23.5 Å². The van der Waals surface area contributed by atoms with Crippen molar-refractivity contribution in [3.05, 3.63) is 70.6 Å². The van der Waals surface area contributed by atoms with Gasteiger partial charge in [-0.3, -0.25) is 14.4 Å². The van der Waals surface area contributed by atoms with Gasteiger partial charge in [0.25, 0.3) is 5.91 Å². The minimum atomic E-state index is -0.327. The van der Waals surface area contributed by atoms with E-state index in [0.29, 0.717) is 21.1 Å². The van der Waals surface area contributed by atoms with Crippen LogP contribution >= 0.6 is 23.1 Å². The van der Waals surface area contributed by atoms with E-state index < -0.39 is 0 Å². The van der Waals surface area contributed by atoms with Crippen LogP contribution in [-0.2, 0) is 9.59 Å². The van der Waals surface area contributed by atoms with Gasteiger partial charge in [-0.1, -0.05) is 43.5 Å². The van der Waals surface area contributed by atoms with Crippen LogP contribution in [0, 0.1) is 24.2 Å². The van der Waals surface area contributed by atoms with Gasteiger partial charge in [0, 0.05) is 22.2 Å². The maximum Gasteiger partial charge on any atom is 0.266 e. The van der Waals surface area contributed by atoms with Crippen LogP contribution in [0.5, 0.6) is 0 Å². The summed E-state index contributed by atoms with van der Waals surface area (Å²) in [5.74, 6) is -0.364. The Labute approximate surface area is 224 Å². The molecule has 3 N–H and O–H groups in total. The largest absolute Gasteiger partial charge is 0.326 e. The maximum absolute atomic E-state index is 12.8. The van der Waals surface area contributed by atoms with Crippen LogP contribution in [0.25, 0.3) is 0 Å². The Kier molecular flexibility index (Phi) is 8.99. The molecular weight excluding hydrogens is 504 g/mol. The summed E-state index contributed by atoms with van der Waals surface area (Å²) in [5.41, 5.74) is 2.19. The molecule has 3 aromatic rings. The number of thiophene rings is 1. The fourth-order valence-electron chi connectivity index (χ4n) is 4.25. The van der Waals surface area contributed by atoms with E-state index in [9.17, 15) is 19.6 Å². The summed E-state index contributed by atoms with van der Waals surface area (Å²) >= 11 is 2.42. The van der Waals surface area contributed by atoms with Crippen LogP contribution in [0.4, 0.5) is 16.4 Å². The molecule has 1 saturated carbocycles. The standard InChI is InChI=1S/C28H28N4O3S2/c1-18-23(16-29)28(37-25(18)27(35)30-20-11-6-3-7-12-20)32-24(33)17-36-22-14-8-13-21(15-22)31-26(34)19-9-4-2-5-10-19/h3,6-8,11-15,19H,2,4-5,9-10,17H2,1H3,(H,30,35)(H,31,34)(H,32,33). The molecule has 9 heteroatoms. The lowest BCUT2D eigenvalue weighted by molar-refractivity contribution is -0.120. The molecule has 0 bridgehead atoms. The van der Waals surface area contributed by atoms with Gasteiger partial charge in [-0.25, -0.2) is 0 Å². The van der Waals surface area contributed by atoms with E-state index in [0.717, 1.165) is 47.6 Å². The second kappa shape index (κ2) is 12.6. The Morgan fingerprint density at radius 1 is 0.973 bits per heavy atom. The minimum Gasteiger partial charge on any atom is -0.326 e. The lowest BCUT2D eigenvalue weighted by atomic mass is 9.88. The number of amides is 3. The smallest absolute Gasteiger partial charge is 0.266 e. The average Bonchev–Trinajstić information content (AvgIpc) is 3.23. The molecule has 1 aromatic heterocycles. The van der Waals surface area contributed by atoms with E-state index in [2.05, 4.69) is 22.0 Å². The molecule has 1 heterocycles. The number of para-hydroxylation sites is 1.